The van der Waals surface area contributed by atoms with Gasteiger partial charge in [0.15, 0.2) is 6.10 Å². The van der Waals surface area contributed by atoms with E-state index in [0.29, 0.717) is 17.7 Å². The molecule has 0 spiro atoms. The van der Waals surface area contributed by atoms with Gasteiger partial charge in [-0.2, -0.15) is 9.78 Å². The van der Waals surface area contributed by atoms with Crippen molar-refractivity contribution in [2.75, 3.05) is 6.61 Å². The molecule has 0 radical (unpaired) electrons. The zero-order valence-corrected chi connectivity index (χ0v) is 23.6. The first kappa shape index (κ1) is 27.4. The number of fused-ring (bicyclic) bond motifs is 1. The van der Waals surface area contributed by atoms with Gasteiger partial charge in [0.05, 0.1) is 23.7 Å². The number of rotatable bonds is 8. The van der Waals surface area contributed by atoms with Crippen molar-refractivity contribution in [3.63, 3.8) is 0 Å². The van der Waals surface area contributed by atoms with Crippen molar-refractivity contribution < 1.29 is 14.3 Å². The Balaban J connectivity index is 1.45. The molecule has 2 aromatic carbocycles. The van der Waals surface area contributed by atoms with E-state index in [1.807, 2.05) is 62.4 Å². The summed E-state index contributed by atoms with van der Waals surface area (Å²) in [6.45, 7) is 7.83. The molecule has 8 nitrogen and oxygen atoms in total. The maximum absolute atomic E-state index is 13.5. The second-order valence-electron chi connectivity index (χ2n) is 10.4. The molecular formula is C32H36N4O4. The molecule has 0 unspecified atom stereocenters. The van der Waals surface area contributed by atoms with Crippen LogP contribution in [0.2, 0.25) is 0 Å². The van der Waals surface area contributed by atoms with Gasteiger partial charge in [-0.05, 0) is 83.0 Å². The van der Waals surface area contributed by atoms with E-state index in [9.17, 15) is 9.59 Å². The monoisotopic (exact) mass is 540 g/mol. The maximum Gasteiger partial charge on any atom is 0.347 e. The van der Waals surface area contributed by atoms with Crippen molar-refractivity contribution in [3.05, 3.63) is 87.7 Å². The normalized spacial score (nSPS) is 15.0. The Morgan fingerprint density at radius 3 is 2.55 bits per heavy atom. The molecule has 2 heterocycles. The molecule has 1 aliphatic rings. The van der Waals surface area contributed by atoms with Gasteiger partial charge >= 0.3 is 5.97 Å². The molecule has 0 bridgehead atoms. The molecule has 40 heavy (non-hydrogen) atoms. The van der Waals surface area contributed by atoms with Crippen LogP contribution in [0.4, 0.5) is 0 Å². The predicted octanol–water partition coefficient (Wildman–Crippen LogP) is 6.06. The number of aromatic nitrogens is 3. The summed E-state index contributed by atoms with van der Waals surface area (Å²) in [6, 6.07) is 17.1. The second kappa shape index (κ2) is 11.9. The number of carbonyl (C=O) groups excluding carboxylic acids is 1. The lowest BCUT2D eigenvalue weighted by Gasteiger charge is -2.22. The van der Waals surface area contributed by atoms with E-state index in [4.69, 9.17) is 19.6 Å². The molecule has 5 rings (SSSR count). The Kier molecular flexibility index (Phi) is 8.14. The summed E-state index contributed by atoms with van der Waals surface area (Å²) in [5.74, 6) is 1.18. The van der Waals surface area contributed by atoms with Crippen LogP contribution in [0, 0.1) is 13.8 Å². The molecule has 1 atom stereocenters. The van der Waals surface area contributed by atoms with Gasteiger partial charge < -0.3 is 14.0 Å². The molecule has 1 aliphatic carbocycles. The largest absolute Gasteiger partial charge is 0.479 e. The molecule has 208 valence electrons. The minimum atomic E-state index is -0.685. The van der Waals surface area contributed by atoms with Gasteiger partial charge in [-0.15, -0.1) is 0 Å². The van der Waals surface area contributed by atoms with Gasteiger partial charge in [-0.1, -0.05) is 31.4 Å². The highest BCUT2D eigenvalue weighted by molar-refractivity contribution is 5.82. The number of nitrogens with zero attached hydrogens (tertiary/aromatic N) is 4. The predicted molar refractivity (Wildman–Crippen MR) is 157 cm³/mol. The lowest BCUT2D eigenvalue weighted by Crippen LogP contribution is -2.26. The first-order valence-corrected chi connectivity index (χ1v) is 14.1. The third kappa shape index (κ3) is 5.57. The number of aryl methyl sites for hydroxylation is 1. The van der Waals surface area contributed by atoms with E-state index < -0.39 is 6.10 Å². The van der Waals surface area contributed by atoms with Crippen molar-refractivity contribution >= 4 is 23.1 Å². The zero-order valence-electron chi connectivity index (χ0n) is 23.6. The number of para-hydroxylation sites is 1. The third-order valence-electron chi connectivity index (χ3n) is 7.56. The van der Waals surface area contributed by atoms with E-state index in [1.165, 1.54) is 11.1 Å². The van der Waals surface area contributed by atoms with Crippen LogP contribution in [0.1, 0.15) is 74.6 Å². The third-order valence-corrected chi connectivity index (χ3v) is 7.56. The number of hydrogen-bond acceptors (Lipinski definition) is 6. The van der Waals surface area contributed by atoms with E-state index in [1.54, 1.807) is 20.1 Å². The Morgan fingerprint density at radius 2 is 1.82 bits per heavy atom. The lowest BCUT2D eigenvalue weighted by molar-refractivity contribution is -0.150. The molecular weight excluding hydrogens is 504 g/mol. The van der Waals surface area contributed by atoms with Gasteiger partial charge in [-0.3, -0.25) is 4.79 Å². The van der Waals surface area contributed by atoms with E-state index >= 15 is 0 Å². The Labute approximate surface area is 234 Å². The number of esters is 1. The summed E-state index contributed by atoms with van der Waals surface area (Å²) < 4.78 is 14.4. The molecule has 4 aromatic rings. The Bertz CT molecular complexity index is 1590. The summed E-state index contributed by atoms with van der Waals surface area (Å²) in [6.07, 6.45) is 6.63. The summed E-state index contributed by atoms with van der Waals surface area (Å²) in [7, 11) is 0. The van der Waals surface area contributed by atoms with Crippen LogP contribution >= 0.6 is 0 Å². The van der Waals surface area contributed by atoms with Gasteiger partial charge in [0.1, 0.15) is 11.6 Å². The Morgan fingerprint density at radius 1 is 1.10 bits per heavy atom. The average molecular weight is 541 g/mol. The fourth-order valence-corrected chi connectivity index (χ4v) is 5.50. The first-order chi connectivity index (χ1) is 19.4. The zero-order chi connectivity index (χ0) is 28.2. The van der Waals surface area contributed by atoms with Crippen LogP contribution in [0.25, 0.3) is 16.6 Å². The fraction of sp³-hybridized carbons (Fsp3) is 0.375. The summed E-state index contributed by atoms with van der Waals surface area (Å²) in [5, 5.41) is 5.30. The number of ether oxygens (including phenoxy) is 2. The average Bonchev–Trinajstić information content (AvgIpc) is 3.25. The van der Waals surface area contributed by atoms with Crippen LogP contribution in [-0.2, 0) is 9.53 Å². The minimum Gasteiger partial charge on any atom is -0.479 e. The van der Waals surface area contributed by atoms with Crippen LogP contribution in [0.5, 0.6) is 5.75 Å². The van der Waals surface area contributed by atoms with Gasteiger partial charge in [-0.25, -0.2) is 9.78 Å². The molecule has 0 aliphatic heterocycles. The minimum absolute atomic E-state index is 0.135. The van der Waals surface area contributed by atoms with E-state index in [2.05, 4.69) is 10.6 Å². The quantitative estimate of drug-likeness (QED) is 0.200. The highest BCUT2D eigenvalue weighted by Gasteiger charge is 2.22. The second-order valence-corrected chi connectivity index (χ2v) is 10.4. The van der Waals surface area contributed by atoms with Gasteiger partial charge in [0, 0.05) is 28.6 Å². The number of carbonyl (C=O) groups is 1. The SMILES string of the molecule is CCOC(=O)[C@H](C)Oc1ccc(-n2c(C)cc(C=Nn3c(C4CCCCC4)nc4ccccc4c3=O)c2C)cc1. The van der Waals surface area contributed by atoms with Crippen molar-refractivity contribution in [2.45, 2.75) is 71.8 Å². The summed E-state index contributed by atoms with van der Waals surface area (Å²) in [5.41, 5.74) is 4.49. The smallest absolute Gasteiger partial charge is 0.347 e. The van der Waals surface area contributed by atoms with Crippen molar-refractivity contribution in [1.29, 1.82) is 0 Å². The molecule has 8 heteroatoms. The van der Waals surface area contributed by atoms with Gasteiger partial charge in [0.25, 0.3) is 5.56 Å². The molecule has 1 fully saturated rings. The van der Waals surface area contributed by atoms with E-state index in [-0.39, 0.29) is 17.4 Å². The van der Waals surface area contributed by atoms with E-state index in [0.717, 1.165) is 59.7 Å². The highest BCUT2D eigenvalue weighted by atomic mass is 16.6. The van der Waals surface area contributed by atoms with Crippen LogP contribution < -0.4 is 10.3 Å². The molecule has 0 N–H and O–H groups in total. The van der Waals surface area contributed by atoms with Crippen molar-refractivity contribution in [2.24, 2.45) is 5.10 Å². The fourth-order valence-electron chi connectivity index (χ4n) is 5.50. The highest BCUT2D eigenvalue weighted by Crippen LogP contribution is 2.32. The molecule has 0 saturated heterocycles. The lowest BCUT2D eigenvalue weighted by atomic mass is 9.88. The van der Waals surface area contributed by atoms with Crippen LogP contribution in [0.15, 0.2) is 64.5 Å². The molecule has 1 saturated carbocycles. The van der Waals surface area contributed by atoms with Crippen molar-refractivity contribution in [3.8, 4) is 11.4 Å². The number of benzene rings is 2. The summed E-state index contributed by atoms with van der Waals surface area (Å²) >= 11 is 0. The standard InChI is InChI=1S/C32H36N4O4/c1-5-39-32(38)23(4)40-27-17-15-26(16-18-27)35-21(2)19-25(22(35)3)20-33-36-30(24-11-7-6-8-12-24)34-29-14-10-9-13-28(29)31(36)37/h9-10,13-20,23-24H,5-8,11-12H2,1-4H3/t23-/m0/s1. The number of hydrogen-bond donors (Lipinski definition) is 0. The van der Waals surface area contributed by atoms with Crippen molar-refractivity contribution in [1.82, 2.24) is 14.2 Å². The molecule has 2 aromatic heterocycles. The maximum atomic E-state index is 13.5. The topological polar surface area (TPSA) is 87.7 Å². The van der Waals surface area contributed by atoms with Crippen LogP contribution in [0.3, 0.4) is 0 Å². The van der Waals surface area contributed by atoms with Gasteiger partial charge in [0.2, 0.25) is 0 Å². The molecule has 0 amide bonds. The Hall–Kier alpha value is -4.20. The summed E-state index contributed by atoms with van der Waals surface area (Å²) in [4.78, 5) is 30.4. The first-order valence-electron chi connectivity index (χ1n) is 14.1. The van der Waals surface area contributed by atoms with Crippen LogP contribution in [-0.4, -0.2) is 39.1 Å².